The Morgan fingerprint density at radius 3 is 2.65 bits per heavy atom. The molecule has 0 aliphatic heterocycles. The van der Waals surface area contributed by atoms with E-state index in [4.69, 9.17) is 0 Å². The smallest absolute Gasteiger partial charge is 0.221 e. The van der Waals surface area contributed by atoms with Gasteiger partial charge in [-0.1, -0.05) is 29.8 Å². The van der Waals surface area contributed by atoms with Gasteiger partial charge in [0.2, 0.25) is 5.91 Å². The van der Waals surface area contributed by atoms with Gasteiger partial charge in [-0.3, -0.25) is 4.79 Å². The van der Waals surface area contributed by atoms with Crippen molar-refractivity contribution in [3.05, 3.63) is 35.4 Å². The summed E-state index contributed by atoms with van der Waals surface area (Å²) in [5.74, 6) is 0.124. The van der Waals surface area contributed by atoms with E-state index >= 15 is 0 Å². The van der Waals surface area contributed by atoms with Gasteiger partial charge in [0.25, 0.3) is 0 Å². The Morgan fingerprint density at radius 2 is 2.00 bits per heavy atom. The molecule has 17 heavy (non-hydrogen) atoms. The fourth-order valence-electron chi connectivity index (χ4n) is 1.67. The quantitative estimate of drug-likeness (QED) is 0.784. The predicted octanol–water partition coefficient (Wildman–Crippen LogP) is 1.75. The molecule has 1 amide bonds. The molecule has 1 aliphatic rings. The maximum absolute atomic E-state index is 11.5. The monoisotopic (exact) mass is 232 g/mol. The van der Waals surface area contributed by atoms with Gasteiger partial charge in [-0.2, -0.15) is 0 Å². The average Bonchev–Trinajstić information content (AvgIpc) is 3.12. The molecular formula is C14H20N2O. The number of carbonyl (C=O) groups is 1. The SMILES string of the molecule is Cc1ccc(CNC(=O)CCNC2CC2)cc1. The standard InChI is InChI=1S/C14H20N2O/c1-11-2-4-12(5-3-11)10-16-14(17)8-9-15-13-6-7-13/h2-5,13,15H,6-10H2,1H3,(H,16,17). The van der Waals surface area contributed by atoms with E-state index in [1.54, 1.807) is 0 Å². The van der Waals surface area contributed by atoms with E-state index in [0.717, 1.165) is 12.1 Å². The van der Waals surface area contributed by atoms with Crippen molar-refractivity contribution >= 4 is 5.91 Å². The predicted molar refractivity (Wildman–Crippen MR) is 68.7 cm³/mol. The van der Waals surface area contributed by atoms with Crippen LogP contribution in [0.15, 0.2) is 24.3 Å². The second-order valence-electron chi connectivity index (χ2n) is 4.74. The first-order chi connectivity index (χ1) is 8.24. The Hall–Kier alpha value is -1.35. The van der Waals surface area contributed by atoms with Crippen molar-refractivity contribution in [1.29, 1.82) is 0 Å². The number of rotatable bonds is 6. The second-order valence-corrected chi connectivity index (χ2v) is 4.74. The number of carbonyl (C=O) groups excluding carboxylic acids is 1. The van der Waals surface area contributed by atoms with Gasteiger partial charge in [0.15, 0.2) is 0 Å². The molecule has 0 heterocycles. The summed E-state index contributed by atoms with van der Waals surface area (Å²) in [6, 6.07) is 8.92. The van der Waals surface area contributed by atoms with Gasteiger partial charge in [0.05, 0.1) is 0 Å². The highest BCUT2D eigenvalue weighted by atomic mass is 16.1. The summed E-state index contributed by atoms with van der Waals surface area (Å²) in [5.41, 5.74) is 2.40. The fourth-order valence-corrected chi connectivity index (χ4v) is 1.67. The molecule has 2 rings (SSSR count). The Bertz CT molecular complexity index is 368. The van der Waals surface area contributed by atoms with Gasteiger partial charge < -0.3 is 10.6 Å². The summed E-state index contributed by atoms with van der Waals surface area (Å²) in [6.07, 6.45) is 3.11. The molecular weight excluding hydrogens is 212 g/mol. The molecule has 0 saturated heterocycles. The summed E-state index contributed by atoms with van der Waals surface area (Å²) in [6.45, 7) is 3.48. The third-order valence-corrected chi connectivity index (χ3v) is 2.97. The molecule has 1 saturated carbocycles. The largest absolute Gasteiger partial charge is 0.352 e. The molecule has 92 valence electrons. The van der Waals surface area contributed by atoms with Gasteiger partial charge in [0, 0.05) is 25.6 Å². The number of hydrogen-bond donors (Lipinski definition) is 2. The maximum atomic E-state index is 11.5. The van der Waals surface area contributed by atoms with Crippen molar-refractivity contribution in [2.75, 3.05) is 6.54 Å². The Kier molecular flexibility index (Phi) is 4.15. The van der Waals surface area contributed by atoms with E-state index in [1.165, 1.54) is 18.4 Å². The molecule has 0 aromatic heterocycles. The van der Waals surface area contributed by atoms with Gasteiger partial charge >= 0.3 is 0 Å². The van der Waals surface area contributed by atoms with Crippen molar-refractivity contribution < 1.29 is 4.79 Å². The van der Waals surface area contributed by atoms with Gasteiger partial charge in [-0.15, -0.1) is 0 Å². The number of hydrogen-bond acceptors (Lipinski definition) is 2. The highest BCUT2D eigenvalue weighted by Crippen LogP contribution is 2.18. The summed E-state index contributed by atoms with van der Waals surface area (Å²) >= 11 is 0. The number of benzene rings is 1. The van der Waals surface area contributed by atoms with E-state index in [9.17, 15) is 4.79 Å². The van der Waals surface area contributed by atoms with Crippen LogP contribution in [-0.4, -0.2) is 18.5 Å². The molecule has 2 N–H and O–H groups in total. The molecule has 1 aromatic carbocycles. The van der Waals surface area contributed by atoms with Gasteiger partial charge in [-0.25, -0.2) is 0 Å². The van der Waals surface area contributed by atoms with E-state index in [-0.39, 0.29) is 5.91 Å². The van der Waals surface area contributed by atoms with Gasteiger partial charge in [-0.05, 0) is 25.3 Å². The third kappa shape index (κ3) is 4.57. The minimum Gasteiger partial charge on any atom is -0.352 e. The Balaban J connectivity index is 1.62. The zero-order chi connectivity index (χ0) is 12.1. The molecule has 0 unspecified atom stereocenters. The van der Waals surface area contributed by atoms with E-state index in [1.807, 2.05) is 0 Å². The molecule has 1 aromatic rings. The number of aryl methyl sites for hydroxylation is 1. The molecule has 1 aliphatic carbocycles. The lowest BCUT2D eigenvalue weighted by Gasteiger charge is -2.06. The lowest BCUT2D eigenvalue weighted by atomic mass is 10.1. The van der Waals surface area contributed by atoms with Crippen molar-refractivity contribution in [3.8, 4) is 0 Å². The van der Waals surface area contributed by atoms with Crippen molar-refractivity contribution in [1.82, 2.24) is 10.6 Å². The summed E-state index contributed by atoms with van der Waals surface area (Å²) in [7, 11) is 0. The Morgan fingerprint density at radius 1 is 1.29 bits per heavy atom. The molecule has 3 heteroatoms. The third-order valence-electron chi connectivity index (χ3n) is 2.97. The zero-order valence-electron chi connectivity index (χ0n) is 10.3. The van der Waals surface area contributed by atoms with Crippen LogP contribution in [0.25, 0.3) is 0 Å². The molecule has 1 fully saturated rings. The zero-order valence-corrected chi connectivity index (χ0v) is 10.3. The van der Waals surface area contributed by atoms with E-state index < -0.39 is 0 Å². The number of amides is 1. The molecule has 0 spiro atoms. The second kappa shape index (κ2) is 5.82. The van der Waals surface area contributed by atoms with Crippen LogP contribution in [0.5, 0.6) is 0 Å². The van der Waals surface area contributed by atoms with Crippen LogP contribution in [0.1, 0.15) is 30.4 Å². The van der Waals surface area contributed by atoms with E-state index in [2.05, 4.69) is 41.8 Å². The van der Waals surface area contributed by atoms with Crippen molar-refractivity contribution in [3.63, 3.8) is 0 Å². The minimum absolute atomic E-state index is 0.124. The van der Waals surface area contributed by atoms with Crippen LogP contribution in [0.2, 0.25) is 0 Å². The van der Waals surface area contributed by atoms with Crippen LogP contribution < -0.4 is 10.6 Å². The van der Waals surface area contributed by atoms with Gasteiger partial charge in [0.1, 0.15) is 0 Å². The van der Waals surface area contributed by atoms with Crippen LogP contribution in [0.4, 0.5) is 0 Å². The first-order valence-electron chi connectivity index (χ1n) is 6.29. The van der Waals surface area contributed by atoms with Crippen molar-refractivity contribution in [2.45, 2.75) is 38.8 Å². The van der Waals surface area contributed by atoms with E-state index in [0.29, 0.717) is 19.0 Å². The first-order valence-corrected chi connectivity index (χ1v) is 6.29. The average molecular weight is 232 g/mol. The van der Waals surface area contributed by atoms with Crippen LogP contribution in [0, 0.1) is 6.92 Å². The molecule has 0 atom stereocenters. The normalized spacial score (nSPS) is 14.6. The minimum atomic E-state index is 0.124. The summed E-state index contributed by atoms with van der Waals surface area (Å²) in [4.78, 5) is 11.5. The topological polar surface area (TPSA) is 41.1 Å². The summed E-state index contributed by atoms with van der Waals surface area (Å²) < 4.78 is 0. The molecule has 3 nitrogen and oxygen atoms in total. The molecule has 0 bridgehead atoms. The maximum Gasteiger partial charge on any atom is 0.221 e. The summed E-state index contributed by atoms with van der Waals surface area (Å²) in [5, 5.41) is 6.27. The highest BCUT2D eigenvalue weighted by Gasteiger charge is 2.19. The van der Waals surface area contributed by atoms with Crippen molar-refractivity contribution in [2.24, 2.45) is 0 Å². The highest BCUT2D eigenvalue weighted by molar-refractivity contribution is 5.76. The first kappa shape index (κ1) is 12.1. The van der Waals surface area contributed by atoms with Crippen LogP contribution in [-0.2, 0) is 11.3 Å². The van der Waals surface area contributed by atoms with Crippen LogP contribution in [0.3, 0.4) is 0 Å². The van der Waals surface area contributed by atoms with Crippen LogP contribution >= 0.6 is 0 Å². The lowest BCUT2D eigenvalue weighted by molar-refractivity contribution is -0.121. The molecule has 0 radical (unpaired) electrons. The number of nitrogens with one attached hydrogen (secondary N) is 2. The fraction of sp³-hybridized carbons (Fsp3) is 0.500. The lowest BCUT2D eigenvalue weighted by Crippen LogP contribution is -2.28. The Labute approximate surface area is 103 Å².